The Hall–Kier alpha value is -0.870. The van der Waals surface area contributed by atoms with Crippen LogP contribution in [0.4, 0.5) is 0 Å². The fraction of sp³-hybridized carbons (Fsp3) is 0.583. The molecule has 1 heterocycles. The second-order valence-corrected chi connectivity index (χ2v) is 4.99. The van der Waals surface area contributed by atoms with Gasteiger partial charge in [0.1, 0.15) is 0 Å². The first-order chi connectivity index (χ1) is 7.65. The second-order valence-electron chi connectivity index (χ2n) is 3.99. The van der Waals surface area contributed by atoms with Crippen molar-refractivity contribution in [2.75, 3.05) is 0 Å². The minimum atomic E-state index is -0.361. The molecule has 16 heavy (non-hydrogen) atoms. The van der Waals surface area contributed by atoms with Crippen molar-refractivity contribution >= 4 is 17.2 Å². The predicted molar refractivity (Wildman–Crippen MR) is 68.4 cm³/mol. The van der Waals surface area contributed by atoms with Crippen LogP contribution in [0.5, 0.6) is 0 Å². The van der Waals surface area contributed by atoms with Crippen LogP contribution in [0, 0.1) is 6.92 Å². The van der Waals surface area contributed by atoms with E-state index < -0.39 is 0 Å². The lowest BCUT2D eigenvalue weighted by Crippen LogP contribution is -2.40. The molecule has 0 aliphatic heterocycles. The second kappa shape index (κ2) is 6.66. The topological polar surface area (TPSA) is 55.1 Å². The molecule has 0 aliphatic rings. The SMILES string of the molecule is CCCC[C@H](N)C(=O)NCc1sccc1C. The smallest absolute Gasteiger partial charge is 0.237 e. The molecular formula is C12H20N2OS. The number of carbonyl (C=O) groups is 1. The van der Waals surface area contributed by atoms with Gasteiger partial charge in [0, 0.05) is 4.88 Å². The molecule has 1 aromatic heterocycles. The number of carbonyl (C=O) groups excluding carboxylic acids is 1. The summed E-state index contributed by atoms with van der Waals surface area (Å²) in [5.41, 5.74) is 7.00. The van der Waals surface area contributed by atoms with E-state index in [0.717, 1.165) is 19.3 Å². The van der Waals surface area contributed by atoms with Gasteiger partial charge in [0.25, 0.3) is 0 Å². The number of thiophene rings is 1. The molecule has 0 unspecified atom stereocenters. The van der Waals surface area contributed by atoms with Crippen LogP contribution in [-0.2, 0) is 11.3 Å². The van der Waals surface area contributed by atoms with Crippen LogP contribution in [-0.4, -0.2) is 11.9 Å². The first-order valence-corrected chi connectivity index (χ1v) is 6.59. The fourth-order valence-corrected chi connectivity index (χ4v) is 2.28. The molecule has 1 amide bonds. The molecule has 4 heteroatoms. The summed E-state index contributed by atoms with van der Waals surface area (Å²) in [7, 11) is 0. The third-order valence-corrected chi connectivity index (χ3v) is 3.62. The molecule has 3 nitrogen and oxygen atoms in total. The minimum Gasteiger partial charge on any atom is -0.350 e. The standard InChI is InChI=1S/C12H20N2OS/c1-3-4-5-10(13)12(15)14-8-11-9(2)6-7-16-11/h6-7,10H,3-5,8,13H2,1-2H3,(H,14,15)/t10-/m0/s1. The van der Waals surface area contributed by atoms with Gasteiger partial charge in [-0.2, -0.15) is 0 Å². The average molecular weight is 240 g/mol. The Bertz CT molecular complexity index is 336. The first kappa shape index (κ1) is 13.2. The zero-order valence-electron chi connectivity index (χ0n) is 9.95. The molecule has 0 fully saturated rings. The van der Waals surface area contributed by atoms with Crippen LogP contribution < -0.4 is 11.1 Å². The lowest BCUT2D eigenvalue weighted by Gasteiger charge is -2.11. The maximum atomic E-state index is 11.6. The van der Waals surface area contributed by atoms with Crippen molar-refractivity contribution in [1.82, 2.24) is 5.32 Å². The molecule has 3 N–H and O–H groups in total. The Balaban J connectivity index is 2.32. The lowest BCUT2D eigenvalue weighted by molar-refractivity contribution is -0.122. The fourth-order valence-electron chi connectivity index (χ4n) is 1.44. The number of rotatable bonds is 6. The van der Waals surface area contributed by atoms with E-state index in [4.69, 9.17) is 5.73 Å². The zero-order valence-corrected chi connectivity index (χ0v) is 10.8. The van der Waals surface area contributed by atoms with Crippen LogP contribution in [0.15, 0.2) is 11.4 Å². The monoisotopic (exact) mass is 240 g/mol. The molecule has 1 atom stereocenters. The molecule has 0 saturated heterocycles. The summed E-state index contributed by atoms with van der Waals surface area (Å²) in [5.74, 6) is -0.0405. The lowest BCUT2D eigenvalue weighted by atomic mass is 10.1. The third-order valence-electron chi connectivity index (χ3n) is 2.60. The summed E-state index contributed by atoms with van der Waals surface area (Å²) in [6.45, 7) is 4.75. The Labute approximate surface area is 101 Å². The van der Waals surface area contributed by atoms with Gasteiger partial charge in [0.05, 0.1) is 12.6 Å². The third kappa shape index (κ3) is 3.94. The van der Waals surface area contributed by atoms with Gasteiger partial charge in [-0.25, -0.2) is 0 Å². The van der Waals surface area contributed by atoms with E-state index in [2.05, 4.69) is 25.2 Å². The number of nitrogens with one attached hydrogen (secondary N) is 1. The minimum absolute atomic E-state index is 0.0405. The van der Waals surface area contributed by atoms with Gasteiger partial charge in [-0.15, -0.1) is 11.3 Å². The van der Waals surface area contributed by atoms with Crippen molar-refractivity contribution < 1.29 is 4.79 Å². The van der Waals surface area contributed by atoms with Gasteiger partial charge in [-0.05, 0) is 30.4 Å². The van der Waals surface area contributed by atoms with Crippen LogP contribution in [0.25, 0.3) is 0 Å². The molecular weight excluding hydrogens is 220 g/mol. The van der Waals surface area contributed by atoms with Gasteiger partial charge < -0.3 is 11.1 Å². The molecule has 90 valence electrons. The van der Waals surface area contributed by atoms with E-state index >= 15 is 0 Å². The van der Waals surface area contributed by atoms with Crippen molar-refractivity contribution in [2.45, 2.75) is 45.7 Å². The van der Waals surface area contributed by atoms with Crippen LogP contribution in [0.1, 0.15) is 36.6 Å². The Kier molecular flexibility index (Phi) is 5.49. The highest BCUT2D eigenvalue weighted by molar-refractivity contribution is 7.10. The first-order valence-electron chi connectivity index (χ1n) is 5.71. The van der Waals surface area contributed by atoms with E-state index in [1.807, 2.05) is 5.38 Å². The largest absolute Gasteiger partial charge is 0.350 e. The van der Waals surface area contributed by atoms with Gasteiger partial charge in [0.15, 0.2) is 0 Å². The molecule has 0 spiro atoms. The highest BCUT2D eigenvalue weighted by Crippen LogP contribution is 2.14. The Morgan fingerprint density at radius 3 is 2.94 bits per heavy atom. The number of unbranched alkanes of at least 4 members (excludes halogenated alkanes) is 1. The van der Waals surface area contributed by atoms with Crippen molar-refractivity contribution in [3.05, 3.63) is 21.9 Å². The van der Waals surface area contributed by atoms with Gasteiger partial charge in [0.2, 0.25) is 5.91 Å². The van der Waals surface area contributed by atoms with Crippen molar-refractivity contribution in [3.63, 3.8) is 0 Å². The normalized spacial score (nSPS) is 12.4. The zero-order chi connectivity index (χ0) is 12.0. The number of nitrogens with two attached hydrogens (primary N) is 1. The Morgan fingerprint density at radius 2 is 2.38 bits per heavy atom. The highest BCUT2D eigenvalue weighted by atomic mass is 32.1. The van der Waals surface area contributed by atoms with Crippen molar-refractivity contribution in [3.8, 4) is 0 Å². The molecule has 1 aromatic rings. The maximum absolute atomic E-state index is 11.6. The molecule has 0 saturated carbocycles. The molecule has 0 bridgehead atoms. The summed E-state index contributed by atoms with van der Waals surface area (Å²) >= 11 is 1.67. The number of hydrogen-bond acceptors (Lipinski definition) is 3. The van der Waals surface area contributed by atoms with Crippen LogP contribution in [0.3, 0.4) is 0 Å². The Morgan fingerprint density at radius 1 is 1.62 bits per heavy atom. The van der Waals surface area contributed by atoms with Crippen molar-refractivity contribution in [2.24, 2.45) is 5.73 Å². The summed E-state index contributed by atoms with van der Waals surface area (Å²) in [4.78, 5) is 12.8. The van der Waals surface area contributed by atoms with Gasteiger partial charge in [-0.1, -0.05) is 19.8 Å². The van der Waals surface area contributed by atoms with E-state index in [0.29, 0.717) is 6.54 Å². The van der Waals surface area contributed by atoms with E-state index in [9.17, 15) is 4.79 Å². The van der Waals surface area contributed by atoms with E-state index in [1.165, 1.54) is 10.4 Å². The maximum Gasteiger partial charge on any atom is 0.237 e. The number of amides is 1. The average Bonchev–Trinajstić information content (AvgIpc) is 2.68. The summed E-state index contributed by atoms with van der Waals surface area (Å²) < 4.78 is 0. The van der Waals surface area contributed by atoms with Gasteiger partial charge >= 0.3 is 0 Å². The molecule has 1 rings (SSSR count). The van der Waals surface area contributed by atoms with Gasteiger partial charge in [-0.3, -0.25) is 4.79 Å². The van der Waals surface area contributed by atoms with Crippen LogP contribution >= 0.6 is 11.3 Å². The molecule has 0 aromatic carbocycles. The summed E-state index contributed by atoms with van der Waals surface area (Å²) in [6.07, 6.45) is 2.85. The predicted octanol–water partition coefficient (Wildman–Crippen LogP) is 2.19. The summed E-state index contributed by atoms with van der Waals surface area (Å²) in [6, 6.07) is 1.70. The number of hydrogen-bond donors (Lipinski definition) is 2. The number of aryl methyl sites for hydroxylation is 1. The summed E-state index contributed by atoms with van der Waals surface area (Å²) in [5, 5.41) is 4.92. The highest BCUT2D eigenvalue weighted by Gasteiger charge is 2.12. The van der Waals surface area contributed by atoms with E-state index in [-0.39, 0.29) is 11.9 Å². The molecule has 0 radical (unpaired) electrons. The molecule has 0 aliphatic carbocycles. The van der Waals surface area contributed by atoms with Crippen molar-refractivity contribution in [1.29, 1.82) is 0 Å². The quantitative estimate of drug-likeness (QED) is 0.801. The van der Waals surface area contributed by atoms with E-state index in [1.54, 1.807) is 11.3 Å². The van der Waals surface area contributed by atoms with Crippen LogP contribution in [0.2, 0.25) is 0 Å².